The summed E-state index contributed by atoms with van der Waals surface area (Å²) in [6.07, 6.45) is 5.58. The second-order valence-corrected chi connectivity index (χ2v) is 7.15. The third-order valence-corrected chi connectivity index (χ3v) is 4.55. The zero-order chi connectivity index (χ0) is 19.8. The van der Waals surface area contributed by atoms with E-state index >= 15 is 0 Å². The van der Waals surface area contributed by atoms with Crippen LogP contribution in [0.15, 0.2) is 35.7 Å². The van der Waals surface area contributed by atoms with Crippen molar-refractivity contribution >= 4 is 29.9 Å². The molecule has 2 N–H and O–H groups in total. The van der Waals surface area contributed by atoms with Crippen molar-refractivity contribution in [2.75, 3.05) is 20.1 Å². The number of aromatic nitrogens is 3. The van der Waals surface area contributed by atoms with Crippen LogP contribution in [0.3, 0.4) is 0 Å². The lowest BCUT2D eigenvalue weighted by atomic mass is 10.2. The van der Waals surface area contributed by atoms with Gasteiger partial charge in [-0.2, -0.15) is 0 Å². The molecule has 0 amide bonds. The minimum Gasteiger partial charge on any atom is -0.355 e. The summed E-state index contributed by atoms with van der Waals surface area (Å²) in [6, 6.07) is 5.14. The smallest absolute Gasteiger partial charge is 0.191 e. The molecule has 8 heteroatoms. The van der Waals surface area contributed by atoms with Crippen LogP contribution in [-0.2, 0) is 6.54 Å². The van der Waals surface area contributed by atoms with Crippen molar-refractivity contribution in [3.8, 4) is 5.82 Å². The topological polar surface area (TPSA) is 70.4 Å². The van der Waals surface area contributed by atoms with Crippen molar-refractivity contribution in [2.24, 2.45) is 4.99 Å². The molecular formula is C20H34IN7. The van der Waals surface area contributed by atoms with E-state index in [-0.39, 0.29) is 24.0 Å². The number of aliphatic imine (C=N–C) groups is 1. The van der Waals surface area contributed by atoms with E-state index in [1.54, 1.807) is 13.2 Å². The molecule has 0 saturated carbocycles. The highest BCUT2D eigenvalue weighted by Gasteiger charge is 2.12. The fourth-order valence-electron chi connectivity index (χ4n) is 3.11. The maximum absolute atomic E-state index is 4.53. The van der Waals surface area contributed by atoms with E-state index in [2.05, 4.69) is 64.3 Å². The van der Waals surface area contributed by atoms with Gasteiger partial charge in [0.25, 0.3) is 0 Å². The minimum atomic E-state index is 0. The first-order valence-corrected chi connectivity index (χ1v) is 9.58. The number of halogens is 1. The lowest BCUT2D eigenvalue weighted by molar-refractivity contribution is 0.178. The van der Waals surface area contributed by atoms with E-state index in [0.717, 1.165) is 36.3 Å². The third kappa shape index (κ3) is 7.05. The number of pyridine rings is 1. The van der Waals surface area contributed by atoms with Crippen molar-refractivity contribution in [2.45, 2.75) is 53.2 Å². The second kappa shape index (κ2) is 12.0. The maximum atomic E-state index is 4.53. The largest absolute Gasteiger partial charge is 0.355 e. The SMILES string of the molecule is CN=C(NCCN(C(C)C)C(C)C)NCc1ccc(-n2ccnc2C)nc1.I. The minimum absolute atomic E-state index is 0. The molecule has 0 aliphatic heterocycles. The van der Waals surface area contributed by atoms with E-state index in [4.69, 9.17) is 0 Å². The van der Waals surface area contributed by atoms with E-state index in [0.29, 0.717) is 18.6 Å². The standard InChI is InChI=1S/C20H33N7.HI/c1-15(2)26(16(3)4)11-10-23-20(21-6)25-14-18-7-8-19(24-13-18)27-12-9-22-17(27)5;/h7-9,12-13,15-16H,10-11,14H2,1-6H3,(H2,21,23,25);1H. The Balaban J connectivity index is 0.00000392. The first-order chi connectivity index (χ1) is 12.9. The lowest BCUT2D eigenvalue weighted by Gasteiger charge is -2.30. The molecule has 0 spiro atoms. The van der Waals surface area contributed by atoms with Crippen LogP contribution in [0.5, 0.6) is 0 Å². The molecule has 7 nitrogen and oxygen atoms in total. The molecule has 2 aromatic rings. The van der Waals surface area contributed by atoms with Gasteiger partial charge in [-0.15, -0.1) is 24.0 Å². The Bertz CT molecular complexity index is 714. The van der Waals surface area contributed by atoms with Crippen LogP contribution in [0, 0.1) is 6.92 Å². The zero-order valence-electron chi connectivity index (χ0n) is 17.8. The molecule has 0 fully saturated rings. The Hall–Kier alpha value is -1.68. The van der Waals surface area contributed by atoms with Crippen LogP contribution >= 0.6 is 24.0 Å². The van der Waals surface area contributed by atoms with Crippen LogP contribution < -0.4 is 10.6 Å². The lowest BCUT2D eigenvalue weighted by Crippen LogP contribution is -2.45. The predicted octanol–water partition coefficient (Wildman–Crippen LogP) is 2.98. The molecule has 0 radical (unpaired) electrons. The summed E-state index contributed by atoms with van der Waals surface area (Å²) in [4.78, 5) is 15.5. The summed E-state index contributed by atoms with van der Waals surface area (Å²) in [5.74, 6) is 2.60. The summed E-state index contributed by atoms with van der Waals surface area (Å²) >= 11 is 0. The van der Waals surface area contributed by atoms with Gasteiger partial charge in [0.1, 0.15) is 11.6 Å². The van der Waals surface area contributed by atoms with Gasteiger partial charge in [0.05, 0.1) is 0 Å². The van der Waals surface area contributed by atoms with Crippen LogP contribution in [-0.4, -0.2) is 57.6 Å². The fraction of sp³-hybridized carbons (Fsp3) is 0.550. The van der Waals surface area contributed by atoms with E-state index in [1.807, 2.05) is 30.0 Å². The molecular weight excluding hydrogens is 465 g/mol. The van der Waals surface area contributed by atoms with E-state index < -0.39 is 0 Å². The highest BCUT2D eigenvalue weighted by molar-refractivity contribution is 14.0. The van der Waals surface area contributed by atoms with Gasteiger partial charge in [0, 0.05) is 57.4 Å². The average molecular weight is 499 g/mol. The highest BCUT2D eigenvalue weighted by Crippen LogP contribution is 2.08. The summed E-state index contributed by atoms with van der Waals surface area (Å²) in [5, 5.41) is 6.73. The van der Waals surface area contributed by atoms with Crippen molar-refractivity contribution < 1.29 is 0 Å². The van der Waals surface area contributed by atoms with Gasteiger partial charge in [0.2, 0.25) is 0 Å². The number of nitrogens with zero attached hydrogens (tertiary/aromatic N) is 5. The Morgan fingerprint density at radius 1 is 1.14 bits per heavy atom. The van der Waals surface area contributed by atoms with Gasteiger partial charge >= 0.3 is 0 Å². The van der Waals surface area contributed by atoms with E-state index in [9.17, 15) is 0 Å². The van der Waals surface area contributed by atoms with Gasteiger partial charge in [-0.25, -0.2) is 9.97 Å². The first-order valence-electron chi connectivity index (χ1n) is 9.58. The molecule has 0 aromatic carbocycles. The number of hydrogen-bond acceptors (Lipinski definition) is 4. The predicted molar refractivity (Wildman–Crippen MR) is 127 cm³/mol. The Morgan fingerprint density at radius 2 is 1.86 bits per heavy atom. The summed E-state index contributed by atoms with van der Waals surface area (Å²) in [6.45, 7) is 13.4. The Kier molecular flexibility index (Phi) is 10.4. The van der Waals surface area contributed by atoms with Crippen LogP contribution in [0.25, 0.3) is 5.82 Å². The van der Waals surface area contributed by atoms with Gasteiger partial charge in [0.15, 0.2) is 5.96 Å². The summed E-state index contributed by atoms with van der Waals surface area (Å²) in [7, 11) is 1.79. The molecule has 0 bridgehead atoms. The number of aryl methyl sites for hydroxylation is 1. The second-order valence-electron chi connectivity index (χ2n) is 7.15. The average Bonchev–Trinajstić information content (AvgIpc) is 3.07. The number of nitrogens with one attached hydrogen (secondary N) is 2. The molecule has 2 rings (SSSR count). The number of imidazole rings is 1. The highest BCUT2D eigenvalue weighted by atomic mass is 127. The maximum Gasteiger partial charge on any atom is 0.191 e. The first kappa shape index (κ1) is 24.4. The summed E-state index contributed by atoms with van der Waals surface area (Å²) in [5.41, 5.74) is 1.10. The monoisotopic (exact) mass is 499 g/mol. The van der Waals surface area contributed by atoms with Gasteiger partial charge in [-0.05, 0) is 46.2 Å². The quantitative estimate of drug-likeness (QED) is 0.332. The Morgan fingerprint density at radius 3 is 2.36 bits per heavy atom. The van der Waals surface area contributed by atoms with Crippen molar-refractivity contribution in [1.29, 1.82) is 0 Å². The molecule has 2 aromatic heterocycles. The van der Waals surface area contributed by atoms with Crippen LogP contribution in [0.2, 0.25) is 0 Å². The normalized spacial score (nSPS) is 11.8. The van der Waals surface area contributed by atoms with Crippen molar-refractivity contribution in [3.05, 3.63) is 42.1 Å². The molecule has 0 aliphatic carbocycles. The van der Waals surface area contributed by atoms with Gasteiger partial charge < -0.3 is 10.6 Å². The summed E-state index contributed by atoms with van der Waals surface area (Å²) < 4.78 is 1.97. The van der Waals surface area contributed by atoms with E-state index in [1.165, 1.54) is 0 Å². The third-order valence-electron chi connectivity index (χ3n) is 4.55. The zero-order valence-corrected chi connectivity index (χ0v) is 20.1. The molecule has 0 unspecified atom stereocenters. The van der Waals surface area contributed by atoms with Gasteiger partial charge in [-0.1, -0.05) is 6.07 Å². The van der Waals surface area contributed by atoms with Gasteiger partial charge in [-0.3, -0.25) is 14.5 Å². The fourth-order valence-corrected chi connectivity index (χ4v) is 3.11. The molecule has 0 aliphatic rings. The van der Waals surface area contributed by atoms with Crippen molar-refractivity contribution in [3.63, 3.8) is 0 Å². The number of hydrogen-bond donors (Lipinski definition) is 2. The van der Waals surface area contributed by atoms with Crippen molar-refractivity contribution in [1.82, 2.24) is 30.1 Å². The molecule has 2 heterocycles. The van der Waals surface area contributed by atoms with Crippen LogP contribution in [0.1, 0.15) is 39.1 Å². The molecule has 0 atom stereocenters. The number of rotatable bonds is 8. The number of guanidine groups is 1. The molecule has 0 saturated heterocycles. The van der Waals surface area contributed by atoms with Crippen LogP contribution in [0.4, 0.5) is 0 Å². The molecule has 156 valence electrons. The Labute approximate surface area is 186 Å². The molecule has 28 heavy (non-hydrogen) atoms.